The lowest BCUT2D eigenvalue weighted by Crippen LogP contribution is -2.05. The molecular formula is C9H6BrF3N2. The van der Waals surface area contributed by atoms with E-state index in [1.165, 1.54) is 0 Å². The number of hydrogen-bond acceptors (Lipinski definition) is 2. The van der Waals surface area contributed by atoms with Crippen LogP contribution in [-0.2, 0) is 11.8 Å². The number of hydrogen-bond donors (Lipinski definition) is 0. The van der Waals surface area contributed by atoms with Crippen molar-refractivity contribution in [2.75, 3.05) is 0 Å². The molecule has 0 aliphatic heterocycles. The van der Waals surface area contributed by atoms with Gasteiger partial charge >= 0.3 is 0 Å². The first-order valence-corrected chi connectivity index (χ1v) is 5.11. The first-order chi connectivity index (χ1) is 7.11. The molecular weight excluding hydrogens is 273 g/mol. The first-order valence-electron chi connectivity index (χ1n) is 3.99. The largest absolute Gasteiger partial charge is 0.264 e. The zero-order valence-corrected chi connectivity index (χ0v) is 9.06. The molecule has 0 bridgehead atoms. The summed E-state index contributed by atoms with van der Waals surface area (Å²) in [5.74, 6) is -1.00. The number of aromatic nitrogens is 1. The van der Waals surface area contributed by atoms with Crippen LogP contribution >= 0.6 is 15.9 Å². The topological polar surface area (TPSA) is 36.7 Å². The van der Waals surface area contributed by atoms with E-state index in [2.05, 4.69) is 20.9 Å². The zero-order valence-electron chi connectivity index (χ0n) is 7.48. The van der Waals surface area contributed by atoms with Gasteiger partial charge in [-0.2, -0.15) is 9.65 Å². The molecule has 1 aromatic rings. The van der Waals surface area contributed by atoms with E-state index in [1.54, 1.807) is 6.07 Å². The van der Waals surface area contributed by atoms with Crippen LogP contribution in [-0.4, -0.2) is 4.98 Å². The van der Waals surface area contributed by atoms with Crippen LogP contribution in [0.15, 0.2) is 6.20 Å². The Bertz CT molecular complexity index is 401. The van der Waals surface area contributed by atoms with Crippen LogP contribution in [0.3, 0.4) is 0 Å². The van der Waals surface area contributed by atoms with Gasteiger partial charge in [0.25, 0.3) is 6.43 Å². The molecule has 0 spiro atoms. The maximum Gasteiger partial charge on any atom is 0.264 e. The third-order valence-electron chi connectivity index (χ3n) is 1.87. The molecule has 0 N–H and O–H groups in total. The third-order valence-corrected chi connectivity index (χ3v) is 2.48. The van der Waals surface area contributed by atoms with Crippen LogP contribution in [0, 0.1) is 17.3 Å². The highest BCUT2D eigenvalue weighted by atomic mass is 79.9. The Balaban J connectivity index is 3.38. The van der Waals surface area contributed by atoms with Crippen LogP contribution in [0.4, 0.5) is 13.2 Å². The van der Waals surface area contributed by atoms with Crippen molar-refractivity contribution in [3.05, 3.63) is 28.8 Å². The van der Waals surface area contributed by atoms with Crippen molar-refractivity contribution in [2.45, 2.75) is 18.2 Å². The van der Waals surface area contributed by atoms with Crippen LogP contribution in [0.1, 0.15) is 23.1 Å². The molecule has 1 rings (SSSR count). The molecule has 0 amide bonds. The highest BCUT2D eigenvalue weighted by Crippen LogP contribution is 2.29. The minimum atomic E-state index is -2.81. The van der Waals surface area contributed by atoms with Gasteiger partial charge in [0, 0.05) is 22.7 Å². The van der Waals surface area contributed by atoms with Crippen molar-refractivity contribution in [2.24, 2.45) is 0 Å². The number of pyridine rings is 1. The van der Waals surface area contributed by atoms with Gasteiger partial charge in [0.1, 0.15) is 0 Å². The highest BCUT2D eigenvalue weighted by Gasteiger charge is 2.21. The lowest BCUT2D eigenvalue weighted by atomic mass is 10.0. The predicted octanol–water partition coefficient (Wildman–Crippen LogP) is 3.12. The zero-order chi connectivity index (χ0) is 11.4. The maximum atomic E-state index is 13.1. The van der Waals surface area contributed by atoms with Crippen molar-refractivity contribution in [1.29, 1.82) is 5.26 Å². The molecule has 0 aromatic carbocycles. The monoisotopic (exact) mass is 278 g/mol. The Morgan fingerprint density at radius 1 is 1.53 bits per heavy atom. The average Bonchev–Trinajstić information content (AvgIpc) is 2.20. The van der Waals surface area contributed by atoms with Gasteiger partial charge in [-0.25, -0.2) is 13.8 Å². The fourth-order valence-corrected chi connectivity index (χ4v) is 1.66. The second kappa shape index (κ2) is 5.12. The first kappa shape index (κ1) is 12.0. The Labute approximate surface area is 92.9 Å². The normalized spacial score (nSPS) is 10.4. The van der Waals surface area contributed by atoms with Gasteiger partial charge < -0.3 is 0 Å². The van der Waals surface area contributed by atoms with Gasteiger partial charge in [-0.3, -0.25) is 0 Å². The molecule has 0 fully saturated rings. The lowest BCUT2D eigenvalue weighted by Gasteiger charge is -2.10. The van der Waals surface area contributed by atoms with E-state index in [9.17, 15) is 13.2 Å². The lowest BCUT2D eigenvalue weighted by molar-refractivity contribution is 0.148. The van der Waals surface area contributed by atoms with E-state index in [4.69, 9.17) is 5.26 Å². The standard InChI is InChI=1S/C9H6BrF3N2/c10-3-5-4-15-9(13)6(1-2-14)7(5)8(11)12/h4,8H,1,3H2. The molecule has 0 saturated carbocycles. The quantitative estimate of drug-likeness (QED) is 0.629. The second-order valence-electron chi connectivity index (χ2n) is 2.74. The molecule has 1 heterocycles. The van der Waals surface area contributed by atoms with Gasteiger partial charge in [0.05, 0.1) is 12.5 Å². The highest BCUT2D eigenvalue weighted by molar-refractivity contribution is 9.08. The van der Waals surface area contributed by atoms with E-state index < -0.39 is 24.4 Å². The third kappa shape index (κ3) is 2.48. The van der Waals surface area contributed by atoms with E-state index in [0.717, 1.165) is 6.20 Å². The summed E-state index contributed by atoms with van der Waals surface area (Å²) in [6.07, 6.45) is -2.16. The number of nitriles is 1. The maximum absolute atomic E-state index is 13.1. The van der Waals surface area contributed by atoms with Gasteiger partial charge in [0.2, 0.25) is 5.95 Å². The van der Waals surface area contributed by atoms with Gasteiger partial charge in [0.15, 0.2) is 0 Å². The Morgan fingerprint density at radius 2 is 2.20 bits per heavy atom. The molecule has 0 unspecified atom stereocenters. The fourth-order valence-electron chi connectivity index (χ4n) is 1.21. The van der Waals surface area contributed by atoms with Gasteiger partial charge in [-0.1, -0.05) is 15.9 Å². The summed E-state index contributed by atoms with van der Waals surface area (Å²) in [5, 5.41) is 8.56. The Hall–Kier alpha value is -1.09. The minimum Gasteiger partial charge on any atom is -0.228 e. The number of alkyl halides is 3. The summed E-state index contributed by atoms with van der Waals surface area (Å²) in [7, 11) is 0. The fraction of sp³-hybridized carbons (Fsp3) is 0.333. The van der Waals surface area contributed by atoms with Crippen molar-refractivity contribution >= 4 is 15.9 Å². The van der Waals surface area contributed by atoms with E-state index in [0.29, 0.717) is 0 Å². The SMILES string of the molecule is N#CCc1c(F)ncc(CBr)c1C(F)F. The van der Waals surface area contributed by atoms with Crippen LogP contribution in [0.5, 0.6) is 0 Å². The van der Waals surface area contributed by atoms with Crippen molar-refractivity contribution in [1.82, 2.24) is 4.98 Å². The molecule has 2 nitrogen and oxygen atoms in total. The second-order valence-corrected chi connectivity index (χ2v) is 3.30. The van der Waals surface area contributed by atoms with Crippen molar-refractivity contribution in [3.63, 3.8) is 0 Å². The van der Waals surface area contributed by atoms with Gasteiger partial charge in [-0.15, -0.1) is 0 Å². The van der Waals surface area contributed by atoms with Crippen LogP contribution in [0.2, 0.25) is 0 Å². The van der Waals surface area contributed by atoms with Gasteiger partial charge in [-0.05, 0) is 5.56 Å². The molecule has 15 heavy (non-hydrogen) atoms. The van der Waals surface area contributed by atoms with Crippen molar-refractivity contribution < 1.29 is 13.2 Å². The van der Waals surface area contributed by atoms with E-state index in [-0.39, 0.29) is 16.5 Å². The molecule has 80 valence electrons. The summed E-state index contributed by atoms with van der Waals surface area (Å²) in [5.41, 5.74) is -0.540. The smallest absolute Gasteiger partial charge is 0.228 e. The summed E-state index contributed by atoms with van der Waals surface area (Å²) in [4.78, 5) is 3.33. The predicted molar refractivity (Wildman–Crippen MR) is 51.1 cm³/mol. The molecule has 6 heteroatoms. The molecule has 0 aliphatic rings. The van der Waals surface area contributed by atoms with Crippen LogP contribution in [0.25, 0.3) is 0 Å². The summed E-state index contributed by atoms with van der Waals surface area (Å²) in [6.45, 7) is 0. The number of rotatable bonds is 3. The molecule has 1 aromatic heterocycles. The summed E-state index contributed by atoms with van der Waals surface area (Å²) in [6, 6.07) is 1.64. The Kier molecular flexibility index (Phi) is 4.09. The van der Waals surface area contributed by atoms with Crippen LogP contribution < -0.4 is 0 Å². The summed E-state index contributed by atoms with van der Waals surface area (Å²) < 4.78 is 38.4. The van der Waals surface area contributed by atoms with Crippen molar-refractivity contribution in [3.8, 4) is 6.07 Å². The van der Waals surface area contributed by atoms with E-state index >= 15 is 0 Å². The minimum absolute atomic E-state index is 0.151. The number of nitrogens with zero attached hydrogens (tertiary/aromatic N) is 2. The molecule has 0 aliphatic carbocycles. The Morgan fingerprint density at radius 3 is 2.67 bits per heavy atom. The van der Waals surface area contributed by atoms with E-state index in [1.807, 2.05) is 0 Å². The average molecular weight is 279 g/mol. The number of halogens is 4. The molecule has 0 saturated heterocycles. The molecule has 0 radical (unpaired) electrons. The summed E-state index contributed by atoms with van der Waals surface area (Å²) >= 11 is 3.01. The molecule has 0 atom stereocenters.